The largest absolute Gasteiger partial charge is 0.481 e. The van der Waals surface area contributed by atoms with Crippen molar-refractivity contribution in [1.29, 1.82) is 0 Å². The third kappa shape index (κ3) is 5.21. The van der Waals surface area contributed by atoms with Crippen LogP contribution in [0.1, 0.15) is 60.3 Å². The van der Waals surface area contributed by atoms with Crippen LogP contribution in [-0.4, -0.2) is 29.7 Å². The summed E-state index contributed by atoms with van der Waals surface area (Å²) in [7, 11) is 0. The standard InChI is InChI=1S/C16H30N2O3/c1-15(2,3)16(4,5)10-17-14(21)18-12-8-6-11(7-9-12)13(19)20/h11-12H,6-10H2,1-5H3,(H,19,20)(H2,17,18,21). The lowest BCUT2D eigenvalue weighted by atomic mass is 9.69. The highest BCUT2D eigenvalue weighted by atomic mass is 16.4. The maximum Gasteiger partial charge on any atom is 0.315 e. The number of carbonyl (C=O) groups excluding carboxylic acids is 1. The molecule has 5 heteroatoms. The molecule has 0 aromatic heterocycles. The van der Waals surface area contributed by atoms with E-state index >= 15 is 0 Å². The first-order chi connectivity index (χ1) is 9.53. The fourth-order valence-electron chi connectivity index (χ4n) is 2.29. The van der Waals surface area contributed by atoms with Crippen LogP contribution in [0.5, 0.6) is 0 Å². The van der Waals surface area contributed by atoms with Crippen molar-refractivity contribution < 1.29 is 14.7 Å². The van der Waals surface area contributed by atoms with E-state index in [4.69, 9.17) is 5.11 Å². The number of nitrogens with one attached hydrogen (secondary N) is 2. The number of carbonyl (C=O) groups is 2. The first kappa shape index (κ1) is 17.8. The van der Waals surface area contributed by atoms with Gasteiger partial charge in [0.15, 0.2) is 0 Å². The second-order valence-corrected chi connectivity index (χ2v) is 7.85. The van der Waals surface area contributed by atoms with Gasteiger partial charge in [-0.2, -0.15) is 0 Å². The molecule has 122 valence electrons. The highest BCUT2D eigenvalue weighted by Gasteiger charge is 2.33. The molecule has 0 aromatic rings. The Hall–Kier alpha value is -1.26. The summed E-state index contributed by atoms with van der Waals surface area (Å²) in [5.41, 5.74) is 0.116. The molecule has 0 spiro atoms. The number of rotatable bonds is 4. The molecule has 0 atom stereocenters. The van der Waals surface area contributed by atoms with Crippen molar-refractivity contribution in [2.24, 2.45) is 16.7 Å². The number of carboxylic acids is 1. The molecule has 1 rings (SSSR count). The Morgan fingerprint density at radius 3 is 2.00 bits per heavy atom. The Morgan fingerprint density at radius 1 is 1.05 bits per heavy atom. The summed E-state index contributed by atoms with van der Waals surface area (Å²) in [5.74, 6) is -0.962. The molecule has 0 bridgehead atoms. The van der Waals surface area contributed by atoms with E-state index in [0.29, 0.717) is 19.4 Å². The fraction of sp³-hybridized carbons (Fsp3) is 0.875. The van der Waals surface area contributed by atoms with Gasteiger partial charge in [0.2, 0.25) is 0 Å². The van der Waals surface area contributed by atoms with Gasteiger partial charge >= 0.3 is 12.0 Å². The average Bonchev–Trinajstić information content (AvgIpc) is 2.36. The minimum absolute atomic E-state index is 0.00527. The third-order valence-corrected chi connectivity index (χ3v) is 5.13. The molecular weight excluding hydrogens is 268 g/mol. The van der Waals surface area contributed by atoms with Crippen LogP contribution in [0.25, 0.3) is 0 Å². The van der Waals surface area contributed by atoms with E-state index in [0.717, 1.165) is 12.8 Å². The van der Waals surface area contributed by atoms with Gasteiger partial charge in [0, 0.05) is 12.6 Å². The van der Waals surface area contributed by atoms with Crippen molar-refractivity contribution >= 4 is 12.0 Å². The summed E-state index contributed by atoms with van der Waals surface area (Å²) in [4.78, 5) is 22.9. The van der Waals surface area contributed by atoms with Crippen molar-refractivity contribution in [2.45, 2.75) is 66.3 Å². The van der Waals surface area contributed by atoms with Gasteiger partial charge in [0.05, 0.1) is 5.92 Å². The smallest absolute Gasteiger partial charge is 0.315 e. The van der Waals surface area contributed by atoms with Gasteiger partial charge in [-0.05, 0) is 36.5 Å². The van der Waals surface area contributed by atoms with Gasteiger partial charge < -0.3 is 15.7 Å². The minimum atomic E-state index is -0.718. The summed E-state index contributed by atoms with van der Waals surface area (Å²) in [6.45, 7) is 11.4. The first-order valence-electron chi connectivity index (χ1n) is 7.80. The molecule has 0 saturated heterocycles. The zero-order chi connectivity index (χ0) is 16.3. The highest BCUT2D eigenvalue weighted by Crippen LogP contribution is 2.36. The van der Waals surface area contributed by atoms with Crippen molar-refractivity contribution in [3.05, 3.63) is 0 Å². The van der Waals surface area contributed by atoms with Crippen LogP contribution in [0.2, 0.25) is 0 Å². The molecule has 5 nitrogen and oxygen atoms in total. The van der Waals surface area contributed by atoms with Gasteiger partial charge in [0.1, 0.15) is 0 Å². The summed E-state index contributed by atoms with van der Waals surface area (Å²) < 4.78 is 0. The minimum Gasteiger partial charge on any atom is -0.481 e. The Balaban J connectivity index is 2.34. The Kier molecular flexibility index (Phi) is 5.65. The van der Waals surface area contributed by atoms with E-state index in [1.54, 1.807) is 0 Å². The molecule has 1 fully saturated rings. The summed E-state index contributed by atoms with van der Waals surface area (Å²) in [6.07, 6.45) is 2.78. The van der Waals surface area contributed by atoms with Gasteiger partial charge in [-0.15, -0.1) is 0 Å². The first-order valence-corrected chi connectivity index (χ1v) is 7.80. The van der Waals surface area contributed by atoms with Crippen molar-refractivity contribution in [3.63, 3.8) is 0 Å². The lowest BCUT2D eigenvalue weighted by Gasteiger charge is -2.39. The van der Waals surface area contributed by atoms with Crippen LogP contribution in [0, 0.1) is 16.7 Å². The summed E-state index contributed by atoms with van der Waals surface area (Å²) in [6, 6.07) is -0.0514. The molecule has 1 aliphatic rings. The zero-order valence-electron chi connectivity index (χ0n) is 14.0. The second-order valence-electron chi connectivity index (χ2n) is 7.85. The summed E-state index contributed by atoms with van der Waals surface area (Å²) in [5, 5.41) is 14.9. The molecule has 0 unspecified atom stereocenters. The van der Waals surface area contributed by atoms with Gasteiger partial charge in [-0.1, -0.05) is 34.6 Å². The molecule has 1 saturated carbocycles. The van der Waals surface area contributed by atoms with Crippen LogP contribution in [0.15, 0.2) is 0 Å². The predicted octanol–water partition coefficient (Wildman–Crippen LogP) is 3.00. The molecule has 0 heterocycles. The van der Waals surface area contributed by atoms with Crippen molar-refractivity contribution in [1.82, 2.24) is 10.6 Å². The van der Waals surface area contributed by atoms with Crippen molar-refractivity contribution in [3.8, 4) is 0 Å². The quantitative estimate of drug-likeness (QED) is 0.746. The number of carboxylic acid groups (broad SMARTS) is 1. The maximum atomic E-state index is 12.0. The monoisotopic (exact) mass is 298 g/mol. The Morgan fingerprint density at radius 2 is 1.57 bits per heavy atom. The number of hydrogen-bond acceptors (Lipinski definition) is 2. The molecular formula is C16H30N2O3. The van der Waals surface area contributed by atoms with E-state index in [-0.39, 0.29) is 28.8 Å². The molecule has 0 aromatic carbocycles. The van der Waals surface area contributed by atoms with E-state index < -0.39 is 5.97 Å². The normalized spacial score (nSPS) is 23.5. The molecule has 0 radical (unpaired) electrons. The number of urea groups is 1. The Labute approximate surface area is 127 Å². The topological polar surface area (TPSA) is 78.4 Å². The molecule has 21 heavy (non-hydrogen) atoms. The van der Waals surface area contributed by atoms with Crippen LogP contribution in [0.3, 0.4) is 0 Å². The lowest BCUT2D eigenvalue weighted by molar-refractivity contribution is -0.142. The molecule has 0 aliphatic heterocycles. The maximum absolute atomic E-state index is 12.0. The lowest BCUT2D eigenvalue weighted by Crippen LogP contribution is -2.48. The van der Waals surface area contributed by atoms with E-state index in [1.165, 1.54) is 0 Å². The Bertz CT molecular complexity index is 377. The molecule has 1 aliphatic carbocycles. The third-order valence-electron chi connectivity index (χ3n) is 5.13. The van der Waals surface area contributed by atoms with Crippen LogP contribution < -0.4 is 10.6 Å². The van der Waals surface area contributed by atoms with Crippen LogP contribution >= 0.6 is 0 Å². The van der Waals surface area contributed by atoms with E-state index in [2.05, 4.69) is 45.3 Å². The van der Waals surface area contributed by atoms with Gasteiger partial charge in [-0.3, -0.25) is 4.79 Å². The van der Waals surface area contributed by atoms with E-state index in [1.807, 2.05) is 0 Å². The summed E-state index contributed by atoms with van der Waals surface area (Å²) >= 11 is 0. The van der Waals surface area contributed by atoms with Gasteiger partial charge in [0.25, 0.3) is 0 Å². The highest BCUT2D eigenvalue weighted by molar-refractivity contribution is 5.74. The molecule has 3 N–H and O–H groups in total. The average molecular weight is 298 g/mol. The number of aliphatic carboxylic acids is 1. The molecule has 2 amide bonds. The van der Waals surface area contributed by atoms with Crippen LogP contribution in [-0.2, 0) is 4.79 Å². The SMILES string of the molecule is CC(C)(C)C(C)(C)CNC(=O)NC1CCC(C(=O)O)CC1. The van der Waals surface area contributed by atoms with Crippen LogP contribution in [0.4, 0.5) is 4.79 Å². The fourth-order valence-corrected chi connectivity index (χ4v) is 2.29. The number of amides is 2. The predicted molar refractivity (Wildman–Crippen MR) is 83.2 cm³/mol. The van der Waals surface area contributed by atoms with E-state index in [9.17, 15) is 9.59 Å². The van der Waals surface area contributed by atoms with Gasteiger partial charge in [-0.25, -0.2) is 4.79 Å². The number of hydrogen-bond donors (Lipinski definition) is 3. The zero-order valence-corrected chi connectivity index (χ0v) is 14.0. The second kappa shape index (κ2) is 6.67. The van der Waals surface area contributed by atoms with Crippen molar-refractivity contribution in [2.75, 3.05) is 6.54 Å².